The van der Waals surface area contributed by atoms with Crippen LogP contribution in [0, 0.1) is 0 Å². The summed E-state index contributed by atoms with van der Waals surface area (Å²) in [5, 5.41) is 9.48. The molecule has 2 fully saturated rings. The van der Waals surface area contributed by atoms with E-state index in [0.29, 0.717) is 0 Å². The lowest BCUT2D eigenvalue weighted by Crippen LogP contribution is -2.36. The molecule has 1 saturated heterocycles. The molecule has 0 bridgehead atoms. The monoisotopic (exact) mass is 210 g/mol. The maximum atomic E-state index is 9.48. The minimum Gasteiger partial charge on any atom is -0.459 e. The first-order valence-electron chi connectivity index (χ1n) is 5.96. The molecule has 15 heavy (non-hydrogen) atoms. The molecule has 2 atom stereocenters. The van der Waals surface area contributed by atoms with Gasteiger partial charge in [-0.25, -0.2) is 4.99 Å². The van der Waals surface area contributed by atoms with Crippen LogP contribution in [0.2, 0.25) is 0 Å². The van der Waals surface area contributed by atoms with Crippen molar-refractivity contribution in [3.8, 4) is 0 Å². The summed E-state index contributed by atoms with van der Waals surface area (Å²) in [5.41, 5.74) is -0.294. The van der Waals surface area contributed by atoms with Gasteiger partial charge >= 0.3 is 0 Å². The van der Waals surface area contributed by atoms with Gasteiger partial charge in [0.1, 0.15) is 11.6 Å². The third-order valence-electron chi connectivity index (χ3n) is 3.89. The van der Waals surface area contributed by atoms with Crippen LogP contribution >= 0.6 is 0 Å². The van der Waals surface area contributed by atoms with Crippen LogP contribution in [0.25, 0.3) is 0 Å². The molecule has 0 amide bonds. The van der Waals surface area contributed by atoms with E-state index in [1.807, 2.05) is 0 Å². The van der Waals surface area contributed by atoms with Crippen molar-refractivity contribution >= 4 is 6.02 Å². The second kappa shape index (κ2) is 3.37. The summed E-state index contributed by atoms with van der Waals surface area (Å²) >= 11 is 0. The van der Waals surface area contributed by atoms with E-state index in [0.717, 1.165) is 38.4 Å². The van der Waals surface area contributed by atoms with Crippen molar-refractivity contribution in [2.24, 2.45) is 4.99 Å². The first kappa shape index (κ1) is 9.46. The van der Waals surface area contributed by atoms with Crippen molar-refractivity contribution in [2.45, 2.75) is 43.7 Å². The van der Waals surface area contributed by atoms with E-state index in [1.54, 1.807) is 0 Å². The van der Waals surface area contributed by atoms with Gasteiger partial charge in [0, 0.05) is 13.1 Å². The van der Waals surface area contributed by atoms with Gasteiger partial charge in [0.2, 0.25) is 0 Å². The van der Waals surface area contributed by atoms with E-state index in [9.17, 15) is 5.11 Å². The maximum Gasteiger partial charge on any atom is 0.288 e. The molecule has 0 spiro atoms. The Morgan fingerprint density at radius 3 is 2.87 bits per heavy atom. The van der Waals surface area contributed by atoms with Crippen molar-refractivity contribution in [1.29, 1.82) is 0 Å². The largest absolute Gasteiger partial charge is 0.459 e. The fourth-order valence-electron chi connectivity index (χ4n) is 2.93. The van der Waals surface area contributed by atoms with Crippen LogP contribution in [-0.4, -0.2) is 47.4 Å². The SMILES string of the molecule is OCC12CCCC1OC(N1CCCC1)=N2. The summed E-state index contributed by atoms with van der Waals surface area (Å²) in [6, 6.07) is 0.797. The third-order valence-corrected chi connectivity index (χ3v) is 3.89. The normalized spacial score (nSPS) is 39.1. The van der Waals surface area contributed by atoms with E-state index in [4.69, 9.17) is 4.74 Å². The summed E-state index contributed by atoms with van der Waals surface area (Å²) < 4.78 is 5.88. The second-order valence-electron chi connectivity index (χ2n) is 4.85. The van der Waals surface area contributed by atoms with Crippen molar-refractivity contribution in [3.63, 3.8) is 0 Å². The Morgan fingerprint density at radius 1 is 1.40 bits per heavy atom. The molecule has 84 valence electrons. The third kappa shape index (κ3) is 1.34. The molecule has 0 aromatic carbocycles. The number of amidine groups is 1. The Hall–Kier alpha value is -0.770. The first-order chi connectivity index (χ1) is 7.34. The van der Waals surface area contributed by atoms with Crippen LogP contribution < -0.4 is 0 Å². The van der Waals surface area contributed by atoms with Gasteiger partial charge in [0.05, 0.1) is 6.61 Å². The molecule has 4 nitrogen and oxygen atoms in total. The molecular weight excluding hydrogens is 192 g/mol. The van der Waals surface area contributed by atoms with Crippen LogP contribution in [0.5, 0.6) is 0 Å². The van der Waals surface area contributed by atoms with Crippen LogP contribution in [0.15, 0.2) is 4.99 Å². The molecule has 0 radical (unpaired) electrons. The minimum absolute atomic E-state index is 0.134. The molecule has 0 aromatic rings. The minimum atomic E-state index is -0.294. The van der Waals surface area contributed by atoms with E-state index in [2.05, 4.69) is 9.89 Å². The average molecular weight is 210 g/mol. The lowest BCUT2D eigenvalue weighted by molar-refractivity contribution is 0.0996. The number of rotatable bonds is 1. The Kier molecular flexibility index (Phi) is 2.12. The zero-order valence-corrected chi connectivity index (χ0v) is 8.98. The summed E-state index contributed by atoms with van der Waals surface area (Å²) in [6.45, 7) is 2.26. The fourth-order valence-corrected chi connectivity index (χ4v) is 2.93. The van der Waals surface area contributed by atoms with Gasteiger partial charge < -0.3 is 14.7 Å². The zero-order chi connectivity index (χ0) is 10.3. The fraction of sp³-hybridized carbons (Fsp3) is 0.909. The smallest absolute Gasteiger partial charge is 0.288 e. The highest BCUT2D eigenvalue weighted by atomic mass is 16.5. The standard InChI is InChI=1S/C11H18N2O2/c14-8-11-5-3-4-9(11)15-10(12-11)13-6-1-2-7-13/h9,14H,1-8H2. The molecule has 2 unspecified atom stereocenters. The number of ether oxygens (including phenoxy) is 1. The number of likely N-dealkylation sites (tertiary alicyclic amines) is 1. The number of nitrogens with zero attached hydrogens (tertiary/aromatic N) is 2. The van der Waals surface area contributed by atoms with Gasteiger partial charge in [-0.2, -0.15) is 0 Å². The van der Waals surface area contributed by atoms with Crippen LogP contribution in [0.1, 0.15) is 32.1 Å². The van der Waals surface area contributed by atoms with Crippen molar-refractivity contribution in [3.05, 3.63) is 0 Å². The maximum absolute atomic E-state index is 9.48. The second-order valence-corrected chi connectivity index (χ2v) is 4.85. The van der Waals surface area contributed by atoms with Gasteiger partial charge in [-0.3, -0.25) is 0 Å². The molecule has 1 aliphatic carbocycles. The average Bonchev–Trinajstić information content (AvgIpc) is 2.92. The zero-order valence-electron chi connectivity index (χ0n) is 8.98. The highest BCUT2D eigenvalue weighted by molar-refractivity contribution is 5.77. The number of fused-ring (bicyclic) bond motifs is 1. The van der Waals surface area contributed by atoms with Crippen LogP contribution in [0.4, 0.5) is 0 Å². The number of hydrogen-bond acceptors (Lipinski definition) is 4. The van der Waals surface area contributed by atoms with E-state index >= 15 is 0 Å². The summed E-state index contributed by atoms with van der Waals surface area (Å²) in [4.78, 5) is 6.87. The highest BCUT2D eigenvalue weighted by Crippen LogP contribution is 2.40. The molecule has 1 saturated carbocycles. The summed E-state index contributed by atoms with van der Waals surface area (Å²) in [5.74, 6) is 0. The molecule has 3 rings (SSSR count). The van der Waals surface area contributed by atoms with Crippen molar-refractivity contribution in [1.82, 2.24) is 4.90 Å². The molecule has 2 heterocycles. The van der Waals surface area contributed by atoms with Crippen LogP contribution in [-0.2, 0) is 4.74 Å². The lowest BCUT2D eigenvalue weighted by Gasteiger charge is -2.21. The molecule has 1 N–H and O–H groups in total. The molecule has 4 heteroatoms. The number of hydrogen-bond donors (Lipinski definition) is 1. The van der Waals surface area contributed by atoms with Gasteiger partial charge in [0.15, 0.2) is 0 Å². The molecule has 3 aliphatic rings. The van der Waals surface area contributed by atoms with Gasteiger partial charge in [-0.05, 0) is 32.1 Å². The number of aliphatic hydroxyl groups is 1. The van der Waals surface area contributed by atoms with E-state index in [1.165, 1.54) is 12.8 Å². The Bertz CT molecular complexity index is 286. The summed E-state index contributed by atoms with van der Waals surface area (Å²) in [6.07, 6.45) is 5.76. The highest BCUT2D eigenvalue weighted by Gasteiger charge is 2.50. The Morgan fingerprint density at radius 2 is 2.20 bits per heavy atom. The first-order valence-corrected chi connectivity index (χ1v) is 5.96. The lowest BCUT2D eigenvalue weighted by atomic mass is 9.98. The Labute approximate surface area is 89.9 Å². The van der Waals surface area contributed by atoms with Gasteiger partial charge in [0.25, 0.3) is 6.02 Å². The summed E-state index contributed by atoms with van der Waals surface area (Å²) in [7, 11) is 0. The predicted octanol–water partition coefficient (Wildman–Crippen LogP) is 0.752. The molecule has 2 aliphatic heterocycles. The number of aliphatic hydroxyl groups excluding tert-OH is 1. The van der Waals surface area contributed by atoms with E-state index in [-0.39, 0.29) is 18.2 Å². The van der Waals surface area contributed by atoms with Gasteiger partial charge in [-0.1, -0.05) is 0 Å². The quantitative estimate of drug-likeness (QED) is 0.694. The van der Waals surface area contributed by atoms with Gasteiger partial charge in [-0.15, -0.1) is 0 Å². The molecule has 0 aromatic heterocycles. The number of aliphatic imine (C=N–C) groups is 1. The van der Waals surface area contributed by atoms with Crippen LogP contribution in [0.3, 0.4) is 0 Å². The molecular formula is C11H18N2O2. The van der Waals surface area contributed by atoms with Crippen molar-refractivity contribution in [2.75, 3.05) is 19.7 Å². The Balaban J connectivity index is 1.81. The predicted molar refractivity (Wildman–Crippen MR) is 56.8 cm³/mol. The van der Waals surface area contributed by atoms with Crippen molar-refractivity contribution < 1.29 is 9.84 Å². The van der Waals surface area contributed by atoms with E-state index < -0.39 is 0 Å². The topological polar surface area (TPSA) is 45.1 Å².